The average molecular weight is 268 g/mol. The Bertz CT molecular complexity index is 680. The first-order chi connectivity index (χ1) is 8.38. The lowest BCUT2D eigenvalue weighted by atomic mass is 10.0. The highest BCUT2D eigenvalue weighted by Crippen LogP contribution is 2.27. The van der Waals surface area contributed by atoms with Crippen molar-refractivity contribution in [2.45, 2.75) is 6.10 Å². The first kappa shape index (κ1) is 13.0. The number of sulfone groups is 1. The number of aliphatic hydroxyl groups excluding tert-OH is 1. The van der Waals surface area contributed by atoms with Crippen LogP contribution in [0.4, 0.5) is 4.39 Å². The molecule has 96 valence electrons. The Balaban J connectivity index is 2.55. The molecule has 0 aliphatic heterocycles. The van der Waals surface area contributed by atoms with E-state index in [9.17, 15) is 17.9 Å². The molecule has 1 atom stereocenters. The zero-order chi connectivity index (χ0) is 13.3. The van der Waals surface area contributed by atoms with Gasteiger partial charge < -0.3 is 5.11 Å². The van der Waals surface area contributed by atoms with Crippen LogP contribution in [-0.4, -0.2) is 25.5 Å². The molecule has 2 aromatic rings. The maximum Gasteiger partial charge on any atom is 0.150 e. The van der Waals surface area contributed by atoms with Crippen molar-refractivity contribution in [2.24, 2.45) is 0 Å². The fourth-order valence-corrected chi connectivity index (χ4v) is 2.71. The molecule has 0 amide bonds. The van der Waals surface area contributed by atoms with E-state index in [0.29, 0.717) is 16.3 Å². The second kappa shape index (κ2) is 4.66. The molecule has 0 spiro atoms. The topological polar surface area (TPSA) is 54.4 Å². The van der Waals surface area contributed by atoms with Gasteiger partial charge in [0.25, 0.3) is 0 Å². The van der Waals surface area contributed by atoms with Crippen LogP contribution in [0.3, 0.4) is 0 Å². The van der Waals surface area contributed by atoms with Crippen molar-refractivity contribution < 1.29 is 17.9 Å². The summed E-state index contributed by atoms with van der Waals surface area (Å²) < 4.78 is 35.9. The van der Waals surface area contributed by atoms with Crippen molar-refractivity contribution in [1.29, 1.82) is 0 Å². The van der Waals surface area contributed by atoms with Gasteiger partial charge in [-0.3, -0.25) is 0 Å². The molecule has 3 nitrogen and oxygen atoms in total. The van der Waals surface area contributed by atoms with E-state index in [1.165, 1.54) is 12.1 Å². The van der Waals surface area contributed by atoms with Gasteiger partial charge in [0.05, 0.1) is 11.9 Å². The number of hydrogen-bond donors (Lipinski definition) is 1. The van der Waals surface area contributed by atoms with Crippen LogP contribution in [0.1, 0.15) is 11.7 Å². The maximum atomic E-state index is 13.6. The number of benzene rings is 2. The smallest absolute Gasteiger partial charge is 0.150 e. The summed E-state index contributed by atoms with van der Waals surface area (Å²) in [5.74, 6) is -0.760. The van der Waals surface area contributed by atoms with E-state index in [0.717, 1.165) is 6.26 Å². The SMILES string of the molecule is CS(=O)(=O)CC(O)c1ccc(F)c2ccccc12. The highest BCUT2D eigenvalue weighted by atomic mass is 32.2. The molecule has 1 unspecified atom stereocenters. The van der Waals surface area contributed by atoms with Crippen molar-refractivity contribution >= 4 is 20.6 Å². The zero-order valence-corrected chi connectivity index (χ0v) is 10.6. The fraction of sp³-hybridized carbons (Fsp3) is 0.231. The van der Waals surface area contributed by atoms with Gasteiger partial charge >= 0.3 is 0 Å². The summed E-state index contributed by atoms with van der Waals surface area (Å²) in [6, 6.07) is 9.34. The third kappa shape index (κ3) is 2.68. The van der Waals surface area contributed by atoms with Gasteiger partial charge in [-0.05, 0) is 17.0 Å². The van der Waals surface area contributed by atoms with Crippen LogP contribution in [0.2, 0.25) is 0 Å². The highest BCUT2D eigenvalue weighted by molar-refractivity contribution is 7.90. The second-order valence-corrected chi connectivity index (χ2v) is 6.48. The van der Waals surface area contributed by atoms with Crippen LogP contribution >= 0.6 is 0 Å². The van der Waals surface area contributed by atoms with Crippen molar-refractivity contribution in [1.82, 2.24) is 0 Å². The van der Waals surface area contributed by atoms with Gasteiger partial charge in [0.2, 0.25) is 0 Å². The summed E-state index contributed by atoms with van der Waals surface area (Å²) in [5, 5.41) is 10.9. The lowest BCUT2D eigenvalue weighted by Crippen LogP contribution is -2.13. The molecular weight excluding hydrogens is 255 g/mol. The Labute approximate surface area is 105 Å². The highest BCUT2D eigenvalue weighted by Gasteiger charge is 2.17. The van der Waals surface area contributed by atoms with Crippen LogP contribution in [0.15, 0.2) is 36.4 Å². The molecule has 0 heterocycles. The number of hydrogen-bond acceptors (Lipinski definition) is 3. The first-order valence-corrected chi connectivity index (χ1v) is 7.47. The summed E-state index contributed by atoms with van der Waals surface area (Å²) in [6.07, 6.45) is -0.0902. The first-order valence-electron chi connectivity index (χ1n) is 5.41. The van der Waals surface area contributed by atoms with Gasteiger partial charge in [-0.25, -0.2) is 12.8 Å². The third-order valence-corrected chi connectivity index (χ3v) is 3.65. The van der Waals surface area contributed by atoms with Gasteiger partial charge in [0.1, 0.15) is 15.7 Å². The molecule has 0 bridgehead atoms. The summed E-state index contributed by atoms with van der Waals surface area (Å²) in [5.41, 5.74) is 0.428. The van der Waals surface area contributed by atoms with Crippen molar-refractivity contribution in [3.8, 4) is 0 Å². The molecule has 0 saturated heterocycles. The number of aliphatic hydroxyl groups is 1. The minimum absolute atomic E-state index is 0.372. The molecule has 5 heteroatoms. The normalized spacial score (nSPS) is 13.7. The molecule has 0 aromatic heterocycles. The van der Waals surface area contributed by atoms with E-state index in [1.54, 1.807) is 24.3 Å². The molecule has 2 rings (SSSR count). The van der Waals surface area contributed by atoms with Crippen LogP contribution in [-0.2, 0) is 9.84 Å². The summed E-state index contributed by atoms with van der Waals surface area (Å²) in [6.45, 7) is 0. The van der Waals surface area contributed by atoms with Gasteiger partial charge in [0.15, 0.2) is 0 Å². The van der Waals surface area contributed by atoms with Crippen LogP contribution in [0, 0.1) is 5.82 Å². The Morgan fingerprint density at radius 3 is 2.39 bits per heavy atom. The lowest BCUT2D eigenvalue weighted by molar-refractivity contribution is 0.203. The monoisotopic (exact) mass is 268 g/mol. The van der Waals surface area contributed by atoms with Crippen molar-refractivity contribution in [2.75, 3.05) is 12.0 Å². The minimum atomic E-state index is -3.29. The van der Waals surface area contributed by atoms with Crippen molar-refractivity contribution in [3.05, 3.63) is 47.8 Å². The summed E-state index contributed by atoms with van der Waals surface area (Å²) in [4.78, 5) is 0. The number of halogens is 1. The summed E-state index contributed by atoms with van der Waals surface area (Å²) in [7, 11) is -3.29. The Hall–Kier alpha value is -1.46. The van der Waals surface area contributed by atoms with Crippen molar-refractivity contribution in [3.63, 3.8) is 0 Å². The Morgan fingerprint density at radius 2 is 1.78 bits per heavy atom. The quantitative estimate of drug-likeness (QED) is 0.927. The average Bonchev–Trinajstić information content (AvgIpc) is 2.27. The molecule has 0 radical (unpaired) electrons. The van der Waals surface area contributed by atoms with Crippen LogP contribution < -0.4 is 0 Å². The maximum absolute atomic E-state index is 13.6. The predicted molar refractivity (Wildman–Crippen MR) is 68.6 cm³/mol. The Morgan fingerprint density at radius 1 is 1.17 bits per heavy atom. The fourth-order valence-electron chi connectivity index (χ4n) is 1.95. The summed E-state index contributed by atoms with van der Waals surface area (Å²) >= 11 is 0. The van der Waals surface area contributed by atoms with Gasteiger partial charge in [-0.15, -0.1) is 0 Å². The molecule has 0 fully saturated rings. The molecule has 2 aromatic carbocycles. The number of rotatable bonds is 3. The largest absolute Gasteiger partial charge is 0.387 e. The van der Waals surface area contributed by atoms with Gasteiger partial charge in [-0.2, -0.15) is 0 Å². The molecule has 1 N–H and O–H groups in total. The van der Waals surface area contributed by atoms with Gasteiger partial charge in [-0.1, -0.05) is 30.3 Å². The van der Waals surface area contributed by atoms with E-state index < -0.39 is 15.9 Å². The van der Waals surface area contributed by atoms with E-state index >= 15 is 0 Å². The van der Waals surface area contributed by atoms with E-state index in [4.69, 9.17) is 0 Å². The predicted octanol–water partition coefficient (Wildman–Crippen LogP) is 2.06. The Kier molecular flexibility index (Phi) is 3.36. The molecule has 0 aliphatic carbocycles. The molecule has 0 aliphatic rings. The minimum Gasteiger partial charge on any atom is -0.387 e. The van der Waals surface area contributed by atoms with Crippen LogP contribution in [0.5, 0.6) is 0 Å². The lowest BCUT2D eigenvalue weighted by Gasteiger charge is -2.13. The van der Waals surface area contributed by atoms with Gasteiger partial charge in [0, 0.05) is 11.6 Å². The van der Waals surface area contributed by atoms with Crippen LogP contribution in [0.25, 0.3) is 10.8 Å². The third-order valence-electron chi connectivity index (χ3n) is 2.72. The molecular formula is C13H13FO3S. The number of fused-ring (bicyclic) bond motifs is 1. The van der Waals surface area contributed by atoms with E-state index in [2.05, 4.69) is 0 Å². The molecule has 18 heavy (non-hydrogen) atoms. The zero-order valence-electron chi connectivity index (χ0n) is 9.80. The second-order valence-electron chi connectivity index (χ2n) is 4.29. The standard InChI is InChI=1S/C13H13FO3S/c1-18(16,17)8-13(15)11-6-7-12(14)10-5-3-2-4-9(10)11/h2-7,13,15H,8H2,1H3. The molecule has 0 saturated carbocycles. The van der Waals surface area contributed by atoms with E-state index in [1.807, 2.05) is 0 Å². The van der Waals surface area contributed by atoms with E-state index in [-0.39, 0.29) is 11.6 Å².